The normalized spacial score (nSPS) is 21.6. The Labute approximate surface area is 115 Å². The lowest BCUT2D eigenvalue weighted by Gasteiger charge is -2.29. The van der Waals surface area contributed by atoms with Crippen molar-refractivity contribution in [1.29, 1.82) is 0 Å². The Morgan fingerprint density at radius 1 is 1.22 bits per heavy atom. The molecular formula is C16H32OS. The van der Waals surface area contributed by atoms with Crippen molar-refractivity contribution in [2.24, 2.45) is 11.3 Å². The van der Waals surface area contributed by atoms with E-state index >= 15 is 0 Å². The maximum absolute atomic E-state index is 11.7. The molecule has 0 aliphatic heterocycles. The van der Waals surface area contributed by atoms with E-state index in [0.29, 0.717) is 5.92 Å². The molecule has 0 fully saturated rings. The average molecular weight is 272 g/mol. The summed E-state index contributed by atoms with van der Waals surface area (Å²) in [6, 6.07) is 0. The van der Waals surface area contributed by atoms with E-state index in [-0.39, 0.29) is 5.41 Å². The summed E-state index contributed by atoms with van der Waals surface area (Å²) in [5, 5.41) is 0. The molecule has 1 nitrogen and oxygen atoms in total. The smallest absolute Gasteiger partial charge is 0.0259 e. The monoisotopic (exact) mass is 272 g/mol. The molecule has 1 aliphatic rings. The van der Waals surface area contributed by atoms with Crippen molar-refractivity contribution in [2.45, 2.75) is 54.9 Å². The second-order valence-corrected chi connectivity index (χ2v) is 7.66. The van der Waals surface area contributed by atoms with Crippen molar-refractivity contribution in [3.05, 3.63) is 23.1 Å². The van der Waals surface area contributed by atoms with E-state index in [9.17, 15) is 4.21 Å². The molecule has 0 N–H and O–H groups in total. The number of hydrogen-bond acceptors (Lipinski definition) is 1. The molecule has 1 rings (SSSR count). The Kier molecular flexibility index (Phi) is 9.45. The van der Waals surface area contributed by atoms with Gasteiger partial charge in [-0.25, -0.2) is 0 Å². The van der Waals surface area contributed by atoms with Crippen molar-refractivity contribution < 1.29 is 4.21 Å². The highest BCUT2D eigenvalue weighted by atomic mass is 32.2. The number of rotatable bonds is 1. The van der Waals surface area contributed by atoms with E-state index in [0.717, 1.165) is 11.3 Å². The summed E-state index contributed by atoms with van der Waals surface area (Å²) in [6.45, 7) is 14.7. The van der Waals surface area contributed by atoms with Crippen molar-refractivity contribution in [2.75, 3.05) is 6.26 Å². The minimum atomic E-state index is -2.02. The molecule has 0 heterocycles. The second-order valence-electron chi connectivity index (χ2n) is 5.18. The van der Waals surface area contributed by atoms with Gasteiger partial charge >= 0.3 is 0 Å². The van der Waals surface area contributed by atoms with E-state index < -0.39 is 9.52 Å². The molecule has 0 radical (unpaired) electrons. The predicted octanol–water partition coefficient (Wildman–Crippen LogP) is 4.89. The molecule has 0 spiro atoms. The van der Waals surface area contributed by atoms with Crippen molar-refractivity contribution >= 4 is 15.4 Å². The fraction of sp³-hybridized carbons (Fsp3) is 0.688. The Balaban J connectivity index is 0. The fourth-order valence-electron chi connectivity index (χ4n) is 1.56. The van der Waals surface area contributed by atoms with Gasteiger partial charge in [0, 0.05) is 11.2 Å². The molecule has 0 aromatic carbocycles. The van der Waals surface area contributed by atoms with Gasteiger partial charge in [-0.3, -0.25) is 4.21 Å². The van der Waals surface area contributed by atoms with Crippen LogP contribution >= 0.6 is 0 Å². The maximum atomic E-state index is 11.7. The lowest BCUT2D eigenvalue weighted by Crippen LogP contribution is -2.20. The third-order valence-electron chi connectivity index (χ3n) is 2.68. The summed E-state index contributed by atoms with van der Waals surface area (Å²) in [4.78, 5) is 0.901. The molecule has 0 saturated heterocycles. The van der Waals surface area contributed by atoms with Crippen LogP contribution in [-0.4, -0.2) is 16.3 Å². The summed E-state index contributed by atoms with van der Waals surface area (Å²) >= 11 is 0. The summed E-state index contributed by atoms with van der Waals surface area (Å²) in [5.74, 6) is 4.24. The Hall–Kier alpha value is -0.500. The molecule has 0 bridgehead atoms. The average Bonchev–Trinajstić information content (AvgIpc) is 2.32. The van der Waals surface area contributed by atoms with Crippen LogP contribution in [0.3, 0.4) is 0 Å². The minimum absolute atomic E-state index is 0.286. The van der Waals surface area contributed by atoms with Crippen molar-refractivity contribution in [3.8, 4) is 0 Å². The van der Waals surface area contributed by atoms with Gasteiger partial charge in [-0.2, -0.15) is 0 Å². The highest BCUT2D eigenvalue weighted by Crippen LogP contribution is 2.33. The first-order valence-electron chi connectivity index (χ1n) is 6.92. The minimum Gasteiger partial charge on any atom is -0.263 e. The summed E-state index contributed by atoms with van der Waals surface area (Å²) in [7, 11) is -2.02. The van der Waals surface area contributed by atoms with E-state index in [2.05, 4.69) is 38.8 Å². The quantitative estimate of drug-likeness (QED) is 0.621. The van der Waals surface area contributed by atoms with Crippen LogP contribution in [0.15, 0.2) is 23.1 Å². The van der Waals surface area contributed by atoms with Crippen LogP contribution < -0.4 is 0 Å². The standard InChI is InChI=1S/C12H20OS.2C2H6/c1-12(2,3)10-6-8-11(9-7-10)14(4,5)13;2*1-2/h6,8-10H,4,7H2,1-3,5H3;2*1-2H3. The van der Waals surface area contributed by atoms with Crippen LogP contribution in [0.4, 0.5) is 0 Å². The van der Waals surface area contributed by atoms with Gasteiger partial charge in [-0.05, 0) is 33.1 Å². The largest absolute Gasteiger partial charge is 0.263 e. The summed E-state index contributed by atoms with van der Waals surface area (Å²) < 4.78 is 11.7. The van der Waals surface area contributed by atoms with Gasteiger partial charge in [0.1, 0.15) is 0 Å². The summed E-state index contributed by atoms with van der Waals surface area (Å²) in [5.41, 5.74) is 0.286. The van der Waals surface area contributed by atoms with Gasteiger partial charge < -0.3 is 0 Å². The van der Waals surface area contributed by atoms with Crippen LogP contribution in [0.2, 0.25) is 0 Å². The van der Waals surface area contributed by atoms with Crippen molar-refractivity contribution in [3.63, 3.8) is 0 Å². The molecule has 2 atom stereocenters. The summed E-state index contributed by atoms with van der Waals surface area (Å²) in [6.07, 6.45) is 8.90. The fourth-order valence-corrected chi connectivity index (χ4v) is 2.38. The Bertz CT molecular complexity index is 364. The number of allylic oxidation sites excluding steroid dienone is 3. The third kappa shape index (κ3) is 7.05. The van der Waals surface area contributed by atoms with Crippen molar-refractivity contribution in [1.82, 2.24) is 0 Å². The van der Waals surface area contributed by atoms with E-state index in [1.54, 1.807) is 6.26 Å². The first-order valence-corrected chi connectivity index (χ1v) is 9.05. The zero-order valence-corrected chi connectivity index (χ0v) is 14.4. The Morgan fingerprint density at radius 2 is 1.67 bits per heavy atom. The molecule has 2 heteroatoms. The van der Waals surface area contributed by atoms with Crippen LogP contribution in [0, 0.1) is 11.3 Å². The first-order chi connectivity index (χ1) is 8.21. The Morgan fingerprint density at radius 3 is 1.89 bits per heavy atom. The molecule has 108 valence electrons. The molecule has 0 amide bonds. The van der Waals surface area contributed by atoms with Gasteiger partial charge in [0.05, 0.1) is 0 Å². The second kappa shape index (κ2) is 8.58. The third-order valence-corrected chi connectivity index (χ3v) is 3.98. The highest BCUT2D eigenvalue weighted by molar-refractivity contribution is 8.03. The van der Waals surface area contributed by atoms with Crippen LogP contribution in [-0.2, 0) is 9.52 Å². The molecule has 1 aliphatic carbocycles. The predicted molar refractivity (Wildman–Crippen MR) is 88.7 cm³/mol. The lowest BCUT2D eigenvalue weighted by atomic mass is 9.77. The lowest BCUT2D eigenvalue weighted by molar-refractivity contribution is 0.293. The molecule has 0 aromatic rings. The molecular weight excluding hydrogens is 240 g/mol. The van der Waals surface area contributed by atoms with E-state index in [1.165, 1.54) is 0 Å². The van der Waals surface area contributed by atoms with Gasteiger partial charge in [0.25, 0.3) is 0 Å². The maximum Gasteiger partial charge on any atom is 0.0259 e. The van der Waals surface area contributed by atoms with Crippen LogP contribution in [0.5, 0.6) is 0 Å². The first kappa shape index (κ1) is 19.8. The molecule has 2 unspecified atom stereocenters. The van der Waals surface area contributed by atoms with Gasteiger partial charge in [0.2, 0.25) is 0 Å². The zero-order chi connectivity index (χ0) is 15.0. The van der Waals surface area contributed by atoms with Gasteiger partial charge in [-0.1, -0.05) is 66.7 Å². The SMILES string of the molecule is C=S(C)(=O)C1=CCC(C(C)(C)C)C=C1.CC.CC. The highest BCUT2D eigenvalue weighted by Gasteiger charge is 2.23. The van der Waals surface area contributed by atoms with E-state index in [1.807, 2.05) is 33.8 Å². The van der Waals surface area contributed by atoms with Gasteiger partial charge in [-0.15, -0.1) is 0 Å². The topological polar surface area (TPSA) is 17.1 Å². The van der Waals surface area contributed by atoms with E-state index in [4.69, 9.17) is 0 Å². The zero-order valence-electron chi connectivity index (χ0n) is 13.5. The number of hydrogen-bond donors (Lipinski definition) is 0. The van der Waals surface area contributed by atoms with Gasteiger partial charge in [0.15, 0.2) is 0 Å². The molecule has 0 aromatic heterocycles. The molecule has 0 saturated carbocycles. The van der Waals surface area contributed by atoms with Crippen LogP contribution in [0.1, 0.15) is 54.9 Å². The van der Waals surface area contributed by atoms with Crippen LogP contribution in [0.25, 0.3) is 0 Å². The molecule has 18 heavy (non-hydrogen) atoms.